The minimum Gasteiger partial charge on any atom is -0.377 e. The molecule has 2 aromatic rings. The van der Waals surface area contributed by atoms with Gasteiger partial charge in [-0.2, -0.15) is 26.3 Å². The van der Waals surface area contributed by atoms with E-state index >= 15 is 56.7 Å². The molecule has 4 aliphatic heterocycles. The summed E-state index contributed by atoms with van der Waals surface area (Å²) >= 11 is 0. The van der Waals surface area contributed by atoms with Gasteiger partial charge >= 0.3 is 12.4 Å². The summed E-state index contributed by atoms with van der Waals surface area (Å²) in [6, 6.07) is -7.51. The average Bonchev–Trinajstić information content (AvgIpc) is 1.14. The molecule has 0 unspecified atom stereocenters. The van der Waals surface area contributed by atoms with Gasteiger partial charge in [0.05, 0.1) is 24.6 Å². The zero-order chi connectivity index (χ0) is 82.2. The van der Waals surface area contributed by atoms with Gasteiger partial charge in [-0.25, -0.2) is 8.78 Å². The third-order valence-corrected chi connectivity index (χ3v) is 23.9. The Morgan fingerprint density at radius 1 is 0.625 bits per heavy atom. The molecule has 33 heteroatoms. The predicted octanol–water partition coefficient (Wildman–Crippen LogP) is 6.90. The Kier molecular flexibility index (Phi) is 28.8. The van der Waals surface area contributed by atoms with Gasteiger partial charge in [-0.1, -0.05) is 70.7 Å². The molecule has 112 heavy (non-hydrogen) atoms. The Balaban J connectivity index is 1.14. The van der Waals surface area contributed by atoms with Gasteiger partial charge in [-0.15, -0.1) is 0 Å². The summed E-state index contributed by atoms with van der Waals surface area (Å²) in [5.41, 5.74) is -5.16. The van der Waals surface area contributed by atoms with E-state index in [-0.39, 0.29) is 63.8 Å². The van der Waals surface area contributed by atoms with E-state index in [4.69, 9.17) is 4.74 Å². The number of likely N-dealkylation sites (N-methyl/N-ethyl adjacent to an activating group) is 6. The molecule has 3 saturated heterocycles. The molecule has 0 radical (unpaired) electrons. The second-order valence-corrected chi connectivity index (χ2v) is 31.3. The van der Waals surface area contributed by atoms with Crippen molar-refractivity contribution in [3.05, 3.63) is 82.4 Å². The first-order valence-corrected chi connectivity index (χ1v) is 39.2. The SMILES string of the molecule is CCC[C@H]1C(=O)N[C@@H]([C@@H](C)CC)C(=O)N(C2CC2)CC(=O)N(C)[C@H]2C/C=C\CCN(C2=O)[C@@H](Cc2ccc(C(F)(F)F)cc2)C(=O)N(C)CC(=O)N[C@@H](CCc2cc(F)c(C(F)(F)F)c(F)c2)C(=O)N2C[C@H](OCC)C[C@H]2C(=O)N(C)C2(CCC2)C(=O)N(C)[C@@H](C2CCCC2)C(=O)N(C)[C@H](C(=O)N2CCCC2)CC(=O)N1C. The Hall–Kier alpha value is -8.78. The summed E-state index contributed by atoms with van der Waals surface area (Å²) in [6.45, 7) is 5.58. The summed E-state index contributed by atoms with van der Waals surface area (Å²) < 4.78 is 120. The van der Waals surface area contributed by atoms with Crippen LogP contribution in [0.1, 0.15) is 172 Å². The molecule has 2 N–H and O–H groups in total. The van der Waals surface area contributed by atoms with Gasteiger partial charge in [0.1, 0.15) is 77.6 Å². The molecule has 618 valence electrons. The van der Waals surface area contributed by atoms with E-state index in [1.807, 2.05) is 0 Å². The highest BCUT2D eigenvalue weighted by Crippen LogP contribution is 2.43. The number of hydrogen-bond donors (Lipinski definition) is 2. The van der Waals surface area contributed by atoms with Crippen LogP contribution >= 0.6 is 0 Å². The number of amides is 12. The first kappa shape index (κ1) is 87.2. The van der Waals surface area contributed by atoms with Crippen LogP contribution in [0.2, 0.25) is 0 Å². The smallest absolute Gasteiger partial charge is 0.377 e. The average molecular weight is 1590 g/mol. The fourth-order valence-corrected chi connectivity index (χ4v) is 16.7. The monoisotopic (exact) mass is 1580 g/mol. The summed E-state index contributed by atoms with van der Waals surface area (Å²) in [7, 11) is 8.10. The second-order valence-electron chi connectivity index (χ2n) is 31.3. The molecule has 6 fully saturated rings. The molecule has 7 aliphatic rings. The predicted molar refractivity (Wildman–Crippen MR) is 393 cm³/mol. The molecule has 2 bridgehead atoms. The van der Waals surface area contributed by atoms with Crippen LogP contribution in [0.15, 0.2) is 48.6 Å². The lowest BCUT2D eigenvalue weighted by Gasteiger charge is -2.51. The Bertz CT molecular complexity index is 3800. The van der Waals surface area contributed by atoms with Gasteiger partial charge in [0.2, 0.25) is 70.9 Å². The number of benzene rings is 2. The molecule has 3 aliphatic carbocycles. The number of carbonyl (C=O) groups excluding carboxylic acids is 12. The topological polar surface area (TPSA) is 271 Å². The molecule has 9 rings (SSSR count). The normalized spacial score (nSPS) is 27.1. The van der Waals surface area contributed by atoms with Crippen molar-refractivity contribution < 1.29 is 97.4 Å². The third kappa shape index (κ3) is 19.7. The molecule has 4 heterocycles. The van der Waals surface area contributed by atoms with Gasteiger partial charge in [0.15, 0.2) is 0 Å². The van der Waals surface area contributed by atoms with E-state index in [1.54, 1.807) is 44.7 Å². The molecule has 3 saturated carbocycles. The molecular weight excluding hydrogens is 1480 g/mol. The summed E-state index contributed by atoms with van der Waals surface area (Å²) in [5, 5.41) is 5.50. The number of nitrogens with zero attached hydrogens (tertiary/aromatic N) is 10. The van der Waals surface area contributed by atoms with Crippen molar-refractivity contribution >= 4 is 70.9 Å². The van der Waals surface area contributed by atoms with Crippen molar-refractivity contribution in [1.82, 2.24) is 59.6 Å². The molecular formula is C79H108F8N12O13. The second kappa shape index (κ2) is 37.0. The van der Waals surface area contributed by atoms with Gasteiger partial charge in [0.25, 0.3) is 0 Å². The summed E-state index contributed by atoms with van der Waals surface area (Å²) in [5.74, 6) is -14.4. The van der Waals surface area contributed by atoms with Gasteiger partial charge < -0.3 is 64.4 Å². The fourth-order valence-electron chi connectivity index (χ4n) is 16.7. The zero-order valence-electron chi connectivity index (χ0n) is 65.6. The number of alkyl halides is 6. The number of carbonyl (C=O) groups is 12. The van der Waals surface area contributed by atoms with Crippen LogP contribution < -0.4 is 10.6 Å². The van der Waals surface area contributed by atoms with Gasteiger partial charge in [-0.05, 0) is 144 Å². The molecule has 10 atom stereocenters. The number of halogens is 8. The van der Waals surface area contributed by atoms with Crippen LogP contribution in [0.25, 0.3) is 0 Å². The fraction of sp³-hybridized carbons (Fsp3) is 0.671. The van der Waals surface area contributed by atoms with Crippen molar-refractivity contribution in [2.45, 2.75) is 241 Å². The maximum atomic E-state index is 15.8. The molecule has 25 nitrogen and oxygen atoms in total. The van der Waals surface area contributed by atoms with E-state index in [0.29, 0.717) is 95.9 Å². The zero-order valence-corrected chi connectivity index (χ0v) is 65.6. The minimum atomic E-state index is -5.46. The number of hydrogen-bond acceptors (Lipinski definition) is 13. The highest BCUT2D eigenvalue weighted by atomic mass is 19.4. The quantitative estimate of drug-likeness (QED) is 0.144. The standard InChI is InChI=1S/C79H108F8N12O13/c1-11-22-57-68(103)89-66(47(4)12-2)74(109)98(52-31-32-52)46-64(102)92(7)58-25-15-14-18-38-97(73(58)108)60(41-48-26-29-51(30-27-48)78(82,83)84)70(105)90(5)45-62(100)88-56(33-28-49-39-54(80)65(55(81)40-49)79(85,86)87)69(104)99-44-53(112-13-3)42-61(99)71(106)95(10)77(34-21-35-77)76(111)94(9)67(50-23-16-17-24-50)75(110)93(8)59(43-63(101)91(57)6)72(107)96-36-19-20-37-96/h14-15,26-27,29-30,39-40,47,50,52-53,56-61,66-67H,11-13,16-25,28,31-38,41-46H2,1-10H3,(H,88,100)(H,89,103)/b15-14-/t47-,53+,56-,57-,58-,59-,60-,61-,66-,67-/m0/s1. The van der Waals surface area contributed by atoms with Crippen molar-refractivity contribution in [3.8, 4) is 0 Å². The van der Waals surface area contributed by atoms with E-state index in [1.165, 1.54) is 59.7 Å². The van der Waals surface area contributed by atoms with E-state index in [0.717, 1.165) is 50.9 Å². The Labute approximate surface area is 648 Å². The number of nitrogens with one attached hydrogen (secondary N) is 2. The lowest BCUT2D eigenvalue weighted by atomic mass is 9.73. The van der Waals surface area contributed by atoms with Crippen LogP contribution in [0.3, 0.4) is 0 Å². The Morgan fingerprint density at radius 2 is 1.27 bits per heavy atom. The number of rotatable bonds is 14. The highest BCUT2D eigenvalue weighted by molar-refractivity contribution is 6.01. The third-order valence-electron chi connectivity index (χ3n) is 23.9. The highest BCUT2D eigenvalue weighted by Gasteiger charge is 2.57. The first-order chi connectivity index (χ1) is 52.9. The first-order valence-electron chi connectivity index (χ1n) is 39.2. The lowest BCUT2D eigenvalue weighted by molar-refractivity contribution is -0.166. The van der Waals surface area contributed by atoms with Crippen LogP contribution in [0.5, 0.6) is 0 Å². The number of fused-ring (bicyclic) bond motifs is 3. The maximum Gasteiger partial charge on any atom is 0.422 e. The lowest BCUT2D eigenvalue weighted by Crippen LogP contribution is -2.68. The van der Waals surface area contributed by atoms with Gasteiger partial charge in [-0.3, -0.25) is 57.5 Å². The van der Waals surface area contributed by atoms with Crippen LogP contribution in [0, 0.1) is 23.5 Å². The van der Waals surface area contributed by atoms with Crippen molar-refractivity contribution in [2.75, 3.05) is 88.2 Å². The van der Waals surface area contributed by atoms with Crippen molar-refractivity contribution in [1.29, 1.82) is 0 Å². The Morgan fingerprint density at radius 3 is 1.84 bits per heavy atom. The molecule has 2 aromatic carbocycles. The molecule has 1 spiro atoms. The summed E-state index contributed by atoms with van der Waals surface area (Å²) in [4.78, 5) is 196. The van der Waals surface area contributed by atoms with Crippen LogP contribution in [0.4, 0.5) is 35.1 Å². The number of likely N-dealkylation sites (tertiary alicyclic amines) is 1. The van der Waals surface area contributed by atoms with E-state index in [9.17, 15) is 35.9 Å². The van der Waals surface area contributed by atoms with Crippen molar-refractivity contribution in [2.24, 2.45) is 11.8 Å². The van der Waals surface area contributed by atoms with Crippen LogP contribution in [-0.2, 0) is 87.5 Å². The van der Waals surface area contributed by atoms with E-state index in [2.05, 4.69) is 10.6 Å². The molecule has 0 aromatic heterocycles. The number of aryl methyl sites for hydroxylation is 1. The largest absolute Gasteiger partial charge is 0.422 e. The minimum absolute atomic E-state index is 0.0639. The van der Waals surface area contributed by atoms with E-state index < -0.39 is 228 Å². The molecule has 12 amide bonds. The number of ether oxygens (including phenoxy) is 1. The van der Waals surface area contributed by atoms with Crippen LogP contribution in [-0.4, -0.2) is 274 Å². The maximum absolute atomic E-state index is 15.8. The van der Waals surface area contributed by atoms with Gasteiger partial charge in [0, 0.05) is 94.0 Å². The summed E-state index contributed by atoms with van der Waals surface area (Å²) in [6.07, 6.45) is -4.46. The van der Waals surface area contributed by atoms with Crippen molar-refractivity contribution in [3.63, 3.8) is 0 Å².